The first kappa shape index (κ1) is 13.6. The first-order valence-electron chi connectivity index (χ1n) is 4.95. The molecule has 5 heteroatoms. The normalized spacial score (nSPS) is 12.8. The molecule has 1 aromatic heterocycles. The highest BCUT2D eigenvalue weighted by molar-refractivity contribution is 9.10. The molecule has 0 amide bonds. The summed E-state index contributed by atoms with van der Waals surface area (Å²) in [6.45, 7) is 2.07. The number of hydrogen-bond acceptors (Lipinski definition) is 2. The highest BCUT2D eigenvalue weighted by Gasteiger charge is 2.17. The van der Waals surface area contributed by atoms with Crippen LogP contribution in [0.2, 0.25) is 5.02 Å². The largest absolute Gasteiger partial charge is 0.320 e. The number of thiophene rings is 1. The maximum Gasteiger partial charge on any atom is 0.0668 e. The van der Waals surface area contributed by atoms with Crippen LogP contribution < -0.4 is 5.73 Å². The van der Waals surface area contributed by atoms with E-state index in [1.165, 1.54) is 4.88 Å². The Hall–Kier alpha value is 0.130. The van der Waals surface area contributed by atoms with E-state index in [0.717, 1.165) is 19.4 Å². The summed E-state index contributed by atoms with van der Waals surface area (Å²) in [5, 5.41) is 0.703. The van der Waals surface area contributed by atoms with E-state index in [1.54, 1.807) is 11.3 Å². The first-order valence-corrected chi connectivity index (χ1v) is 7.73. The van der Waals surface area contributed by atoms with Crippen molar-refractivity contribution in [1.29, 1.82) is 0 Å². The molecule has 2 aromatic rings. The molecule has 1 unspecified atom stereocenters. The fraction of sp³-hybridized carbons (Fsp3) is 0.167. The Morgan fingerprint density at radius 3 is 2.47 bits per heavy atom. The van der Waals surface area contributed by atoms with Crippen molar-refractivity contribution in [3.63, 3.8) is 0 Å². The first-order chi connectivity index (χ1) is 7.99. The van der Waals surface area contributed by atoms with Crippen LogP contribution in [0.25, 0.3) is 0 Å². The average Bonchev–Trinajstić information content (AvgIpc) is 2.57. The molecule has 0 aliphatic carbocycles. The van der Waals surface area contributed by atoms with Crippen LogP contribution in [-0.4, -0.2) is 0 Å². The third kappa shape index (κ3) is 2.93. The van der Waals surface area contributed by atoms with Crippen LogP contribution in [0, 0.1) is 6.92 Å². The topological polar surface area (TPSA) is 26.0 Å². The minimum Gasteiger partial charge on any atom is -0.320 e. The molecule has 1 nitrogen and oxygen atoms in total. The summed E-state index contributed by atoms with van der Waals surface area (Å²) in [4.78, 5) is 2.37. The molecule has 1 aromatic carbocycles. The lowest BCUT2D eigenvalue weighted by atomic mass is 10.1. The smallest absolute Gasteiger partial charge is 0.0668 e. The van der Waals surface area contributed by atoms with Crippen LogP contribution in [0.3, 0.4) is 0 Å². The zero-order chi connectivity index (χ0) is 12.6. The lowest BCUT2D eigenvalue weighted by Gasteiger charge is -2.13. The lowest BCUT2D eigenvalue weighted by Crippen LogP contribution is -2.11. The van der Waals surface area contributed by atoms with Crippen LogP contribution >= 0.6 is 54.8 Å². The van der Waals surface area contributed by atoms with Gasteiger partial charge < -0.3 is 5.73 Å². The second-order valence-electron chi connectivity index (χ2n) is 3.71. The zero-order valence-electron chi connectivity index (χ0n) is 9.01. The molecule has 2 N–H and O–H groups in total. The molecule has 1 heterocycles. The zero-order valence-corrected chi connectivity index (χ0v) is 13.8. The Morgan fingerprint density at radius 1 is 1.24 bits per heavy atom. The van der Waals surface area contributed by atoms with Crippen molar-refractivity contribution in [2.75, 3.05) is 0 Å². The van der Waals surface area contributed by atoms with E-state index in [4.69, 9.17) is 17.3 Å². The molecule has 1 atom stereocenters. The van der Waals surface area contributed by atoms with Crippen LogP contribution in [0.15, 0.2) is 33.2 Å². The Balaban J connectivity index is 2.43. The highest BCUT2D eigenvalue weighted by atomic mass is 79.9. The maximum absolute atomic E-state index is 6.29. The molecule has 0 spiro atoms. The van der Waals surface area contributed by atoms with Gasteiger partial charge in [-0.25, -0.2) is 0 Å². The molecule has 90 valence electrons. The van der Waals surface area contributed by atoms with E-state index >= 15 is 0 Å². The molecule has 0 bridgehead atoms. The summed E-state index contributed by atoms with van der Waals surface area (Å²) >= 11 is 14.7. The number of halogens is 3. The Labute approximate surface area is 126 Å². The van der Waals surface area contributed by atoms with Crippen molar-refractivity contribution in [3.8, 4) is 0 Å². The van der Waals surface area contributed by atoms with Crippen LogP contribution in [-0.2, 0) is 0 Å². The highest BCUT2D eigenvalue weighted by Crippen LogP contribution is 2.37. The molecule has 0 saturated heterocycles. The molecule has 0 radical (unpaired) electrons. The number of aryl methyl sites for hydroxylation is 1. The Morgan fingerprint density at radius 2 is 1.94 bits per heavy atom. The van der Waals surface area contributed by atoms with Crippen LogP contribution in [0.1, 0.15) is 21.4 Å². The van der Waals surface area contributed by atoms with Crippen molar-refractivity contribution in [2.24, 2.45) is 5.73 Å². The molecule has 17 heavy (non-hydrogen) atoms. The average molecular weight is 396 g/mol. The van der Waals surface area contributed by atoms with Crippen molar-refractivity contribution in [1.82, 2.24) is 0 Å². The molecular weight excluding hydrogens is 385 g/mol. The molecule has 0 aliphatic heterocycles. The number of nitrogens with two attached hydrogens (primary N) is 1. The van der Waals surface area contributed by atoms with Crippen molar-refractivity contribution in [3.05, 3.63) is 53.6 Å². The summed E-state index contributed by atoms with van der Waals surface area (Å²) in [6, 6.07) is 7.62. The van der Waals surface area contributed by atoms with Gasteiger partial charge in [-0.1, -0.05) is 33.6 Å². The van der Waals surface area contributed by atoms with Gasteiger partial charge in [0, 0.05) is 23.7 Å². The van der Waals surface area contributed by atoms with Gasteiger partial charge in [0.25, 0.3) is 0 Å². The van der Waals surface area contributed by atoms with E-state index in [0.29, 0.717) is 5.02 Å². The van der Waals surface area contributed by atoms with Crippen molar-refractivity contribution >= 4 is 54.8 Å². The number of benzene rings is 1. The SMILES string of the molecule is Cc1cc(Br)c(C(N)c2ccc(Cl)cc2Br)s1. The van der Waals surface area contributed by atoms with Gasteiger partial charge in [-0.3, -0.25) is 0 Å². The predicted molar refractivity (Wildman–Crippen MR) is 81.9 cm³/mol. The van der Waals surface area contributed by atoms with Gasteiger partial charge in [0.15, 0.2) is 0 Å². The van der Waals surface area contributed by atoms with Crippen LogP contribution in [0.5, 0.6) is 0 Å². The predicted octanol–water partition coefficient (Wildman–Crippen LogP) is 5.28. The maximum atomic E-state index is 6.29. The second-order valence-corrected chi connectivity index (χ2v) is 7.15. The molecular formula is C12H10Br2ClNS. The van der Waals surface area contributed by atoms with Gasteiger partial charge in [0.05, 0.1) is 6.04 Å². The summed E-state index contributed by atoms with van der Waals surface area (Å²) in [6.07, 6.45) is 0. The fourth-order valence-electron chi connectivity index (χ4n) is 1.61. The van der Waals surface area contributed by atoms with E-state index in [2.05, 4.69) is 44.8 Å². The fourth-order valence-corrected chi connectivity index (χ4v) is 4.46. The third-order valence-corrected chi connectivity index (χ3v) is 5.39. The third-order valence-electron chi connectivity index (χ3n) is 2.42. The summed E-state index contributed by atoms with van der Waals surface area (Å²) < 4.78 is 2.00. The summed E-state index contributed by atoms with van der Waals surface area (Å²) in [7, 11) is 0. The van der Waals surface area contributed by atoms with Gasteiger partial charge in [-0.15, -0.1) is 11.3 Å². The van der Waals surface area contributed by atoms with E-state index in [-0.39, 0.29) is 6.04 Å². The van der Waals surface area contributed by atoms with Gasteiger partial charge in [-0.05, 0) is 46.6 Å². The van der Waals surface area contributed by atoms with Crippen molar-refractivity contribution in [2.45, 2.75) is 13.0 Å². The summed E-state index contributed by atoms with van der Waals surface area (Å²) in [5.74, 6) is 0. The second kappa shape index (κ2) is 5.41. The summed E-state index contributed by atoms with van der Waals surface area (Å²) in [5.41, 5.74) is 7.33. The van der Waals surface area contributed by atoms with E-state index in [9.17, 15) is 0 Å². The Bertz CT molecular complexity index is 553. The number of rotatable bonds is 2. The van der Waals surface area contributed by atoms with E-state index < -0.39 is 0 Å². The quantitative estimate of drug-likeness (QED) is 0.735. The minimum absolute atomic E-state index is 0.144. The monoisotopic (exact) mass is 393 g/mol. The Kier molecular flexibility index (Phi) is 4.31. The molecule has 0 saturated carbocycles. The van der Waals surface area contributed by atoms with E-state index in [1.807, 2.05) is 18.2 Å². The lowest BCUT2D eigenvalue weighted by molar-refractivity contribution is 0.883. The van der Waals surface area contributed by atoms with Gasteiger partial charge in [0.2, 0.25) is 0 Å². The van der Waals surface area contributed by atoms with Gasteiger partial charge >= 0.3 is 0 Å². The van der Waals surface area contributed by atoms with Gasteiger partial charge in [0.1, 0.15) is 0 Å². The molecule has 2 rings (SSSR count). The van der Waals surface area contributed by atoms with Gasteiger partial charge in [-0.2, -0.15) is 0 Å². The molecule has 0 aliphatic rings. The minimum atomic E-state index is -0.144. The van der Waals surface area contributed by atoms with Crippen LogP contribution in [0.4, 0.5) is 0 Å². The molecule has 0 fully saturated rings. The van der Waals surface area contributed by atoms with Crippen molar-refractivity contribution < 1.29 is 0 Å². The standard InChI is InChI=1S/C12H10Br2ClNS/c1-6-4-10(14)12(17-6)11(16)8-3-2-7(15)5-9(8)13/h2-5,11H,16H2,1H3. The number of hydrogen-bond donors (Lipinski definition) is 1.